The van der Waals surface area contributed by atoms with Crippen LogP contribution in [0.1, 0.15) is 37.2 Å². The third-order valence-corrected chi connectivity index (χ3v) is 3.50. The molecule has 4 heteroatoms. The molecule has 114 valence electrons. The van der Waals surface area contributed by atoms with E-state index in [0.29, 0.717) is 12.3 Å². The van der Waals surface area contributed by atoms with Crippen molar-refractivity contribution >= 4 is 0 Å². The molecule has 0 fully saturated rings. The fourth-order valence-electron chi connectivity index (χ4n) is 2.46. The maximum absolute atomic E-state index is 10.2. The van der Waals surface area contributed by atoms with E-state index in [9.17, 15) is 5.11 Å². The number of hydrogen-bond acceptors (Lipinski definition) is 3. The second-order valence-electron chi connectivity index (χ2n) is 6.14. The van der Waals surface area contributed by atoms with Crippen LogP contribution in [0.2, 0.25) is 0 Å². The van der Waals surface area contributed by atoms with Crippen molar-refractivity contribution < 1.29 is 5.11 Å². The first-order valence-corrected chi connectivity index (χ1v) is 7.65. The van der Waals surface area contributed by atoms with E-state index in [-0.39, 0.29) is 6.10 Å². The van der Waals surface area contributed by atoms with E-state index < -0.39 is 0 Å². The number of aliphatic hydroxyl groups excluding tert-OH is 1. The maximum atomic E-state index is 10.2. The number of aliphatic hydroxyl groups is 1. The van der Waals surface area contributed by atoms with Gasteiger partial charge in [-0.3, -0.25) is 0 Å². The molecule has 0 aliphatic rings. The summed E-state index contributed by atoms with van der Waals surface area (Å²) in [6, 6.07) is 8.44. The molecule has 0 aliphatic carbocycles. The first-order chi connectivity index (χ1) is 10.0. The zero-order valence-corrected chi connectivity index (χ0v) is 13.2. The lowest BCUT2D eigenvalue weighted by Crippen LogP contribution is -2.18. The van der Waals surface area contributed by atoms with Gasteiger partial charge in [0.2, 0.25) is 0 Å². The van der Waals surface area contributed by atoms with Crippen LogP contribution in [0.5, 0.6) is 0 Å². The summed E-state index contributed by atoms with van der Waals surface area (Å²) >= 11 is 0. The number of aromatic nitrogens is 3. The summed E-state index contributed by atoms with van der Waals surface area (Å²) in [7, 11) is 0. The Morgan fingerprint density at radius 1 is 1.29 bits per heavy atom. The van der Waals surface area contributed by atoms with Crippen molar-refractivity contribution in [2.24, 2.45) is 5.92 Å². The molecule has 1 N–H and O–H groups in total. The van der Waals surface area contributed by atoms with Gasteiger partial charge in [0.15, 0.2) is 0 Å². The first-order valence-electron chi connectivity index (χ1n) is 7.65. The van der Waals surface area contributed by atoms with Crippen molar-refractivity contribution in [2.75, 3.05) is 0 Å². The standard InChI is InChI=1S/C17H25N3O/c1-13(2)11-20-17(18-12-19-20)10-16(21)8-7-15-6-4-5-14(3)9-15/h4-6,9,12-13,16,21H,7-8,10-11H2,1-3H3. The van der Waals surface area contributed by atoms with E-state index in [2.05, 4.69) is 55.1 Å². The molecular weight excluding hydrogens is 262 g/mol. The Morgan fingerprint density at radius 3 is 2.81 bits per heavy atom. The molecule has 0 saturated heterocycles. The lowest BCUT2D eigenvalue weighted by molar-refractivity contribution is 0.160. The second kappa shape index (κ2) is 7.36. The van der Waals surface area contributed by atoms with Gasteiger partial charge in [0.05, 0.1) is 6.10 Å². The molecule has 1 aromatic heterocycles. The van der Waals surface area contributed by atoms with E-state index in [4.69, 9.17) is 0 Å². The maximum Gasteiger partial charge on any atom is 0.138 e. The highest BCUT2D eigenvalue weighted by Gasteiger charge is 2.12. The minimum atomic E-state index is -0.374. The highest BCUT2D eigenvalue weighted by Crippen LogP contribution is 2.11. The van der Waals surface area contributed by atoms with E-state index in [0.717, 1.165) is 25.2 Å². The van der Waals surface area contributed by atoms with E-state index >= 15 is 0 Å². The van der Waals surface area contributed by atoms with Gasteiger partial charge in [-0.15, -0.1) is 0 Å². The summed E-state index contributed by atoms with van der Waals surface area (Å²) in [5.41, 5.74) is 2.54. The summed E-state index contributed by atoms with van der Waals surface area (Å²) in [4.78, 5) is 4.27. The number of rotatable bonds is 7. The molecule has 21 heavy (non-hydrogen) atoms. The molecule has 1 atom stereocenters. The molecule has 2 aromatic rings. The molecule has 1 aromatic carbocycles. The summed E-state index contributed by atoms with van der Waals surface area (Å²) in [6.07, 6.45) is 3.41. The second-order valence-corrected chi connectivity index (χ2v) is 6.14. The molecule has 0 radical (unpaired) electrons. The SMILES string of the molecule is Cc1cccc(CCC(O)Cc2ncnn2CC(C)C)c1. The summed E-state index contributed by atoms with van der Waals surface area (Å²) in [5.74, 6) is 1.40. The minimum Gasteiger partial charge on any atom is -0.393 e. The zero-order chi connectivity index (χ0) is 15.2. The van der Waals surface area contributed by atoms with Crippen molar-refractivity contribution in [3.63, 3.8) is 0 Å². The summed E-state index contributed by atoms with van der Waals surface area (Å²) < 4.78 is 1.90. The Morgan fingerprint density at radius 2 is 2.10 bits per heavy atom. The van der Waals surface area contributed by atoms with Crippen LogP contribution in [0.4, 0.5) is 0 Å². The normalized spacial score (nSPS) is 12.8. The zero-order valence-electron chi connectivity index (χ0n) is 13.2. The van der Waals surface area contributed by atoms with Gasteiger partial charge in [-0.05, 0) is 31.2 Å². The van der Waals surface area contributed by atoms with Gasteiger partial charge >= 0.3 is 0 Å². The third-order valence-electron chi connectivity index (χ3n) is 3.50. The van der Waals surface area contributed by atoms with Gasteiger partial charge in [0.25, 0.3) is 0 Å². The average molecular weight is 287 g/mol. The van der Waals surface area contributed by atoms with Crippen LogP contribution in [0, 0.1) is 12.8 Å². The van der Waals surface area contributed by atoms with E-state index in [1.807, 2.05) is 4.68 Å². The van der Waals surface area contributed by atoms with Gasteiger partial charge < -0.3 is 5.11 Å². The molecule has 0 aliphatic heterocycles. The fourth-order valence-corrected chi connectivity index (χ4v) is 2.46. The van der Waals surface area contributed by atoms with Crippen LogP contribution >= 0.6 is 0 Å². The monoisotopic (exact) mass is 287 g/mol. The van der Waals surface area contributed by atoms with Gasteiger partial charge in [0, 0.05) is 13.0 Å². The Labute approximate surface area is 126 Å². The van der Waals surface area contributed by atoms with E-state index in [1.54, 1.807) is 6.33 Å². The van der Waals surface area contributed by atoms with E-state index in [1.165, 1.54) is 11.1 Å². The Kier molecular flexibility index (Phi) is 5.51. The van der Waals surface area contributed by atoms with Crippen molar-refractivity contribution in [1.29, 1.82) is 0 Å². The molecule has 2 rings (SSSR count). The summed E-state index contributed by atoms with van der Waals surface area (Å²) in [6.45, 7) is 7.24. The van der Waals surface area contributed by atoms with Gasteiger partial charge in [-0.25, -0.2) is 9.67 Å². The van der Waals surface area contributed by atoms with Crippen LogP contribution in [-0.2, 0) is 19.4 Å². The number of benzene rings is 1. The lowest BCUT2D eigenvalue weighted by atomic mass is 10.0. The van der Waals surface area contributed by atoms with Crippen LogP contribution in [0.15, 0.2) is 30.6 Å². The number of hydrogen-bond donors (Lipinski definition) is 1. The first kappa shape index (κ1) is 15.7. The fraction of sp³-hybridized carbons (Fsp3) is 0.529. The van der Waals surface area contributed by atoms with Crippen LogP contribution in [0.25, 0.3) is 0 Å². The molecular formula is C17H25N3O. The lowest BCUT2D eigenvalue weighted by Gasteiger charge is -2.12. The quantitative estimate of drug-likeness (QED) is 0.852. The smallest absolute Gasteiger partial charge is 0.138 e. The molecule has 0 amide bonds. The Balaban J connectivity index is 1.87. The largest absolute Gasteiger partial charge is 0.393 e. The topological polar surface area (TPSA) is 50.9 Å². The highest BCUT2D eigenvalue weighted by molar-refractivity contribution is 5.22. The van der Waals surface area contributed by atoms with Crippen molar-refractivity contribution in [2.45, 2.75) is 52.7 Å². The minimum absolute atomic E-state index is 0.374. The molecule has 0 bridgehead atoms. The molecule has 1 unspecified atom stereocenters. The molecule has 0 spiro atoms. The Bertz CT molecular complexity index is 563. The van der Waals surface area contributed by atoms with Crippen LogP contribution in [-0.4, -0.2) is 26.0 Å². The molecule has 1 heterocycles. The van der Waals surface area contributed by atoms with Crippen LogP contribution in [0.3, 0.4) is 0 Å². The Hall–Kier alpha value is -1.68. The van der Waals surface area contributed by atoms with Gasteiger partial charge in [0.1, 0.15) is 12.2 Å². The number of aryl methyl sites for hydroxylation is 2. The van der Waals surface area contributed by atoms with Crippen molar-refractivity contribution in [3.05, 3.63) is 47.5 Å². The predicted molar refractivity (Wildman–Crippen MR) is 84.1 cm³/mol. The highest BCUT2D eigenvalue weighted by atomic mass is 16.3. The van der Waals surface area contributed by atoms with Crippen LogP contribution < -0.4 is 0 Å². The summed E-state index contributed by atoms with van der Waals surface area (Å²) in [5, 5.41) is 14.5. The molecule has 0 saturated carbocycles. The average Bonchev–Trinajstić information content (AvgIpc) is 2.83. The van der Waals surface area contributed by atoms with Crippen molar-refractivity contribution in [3.8, 4) is 0 Å². The van der Waals surface area contributed by atoms with Crippen molar-refractivity contribution in [1.82, 2.24) is 14.8 Å². The molecule has 4 nitrogen and oxygen atoms in total. The third kappa shape index (κ3) is 4.97. The van der Waals surface area contributed by atoms with Gasteiger partial charge in [-0.1, -0.05) is 43.7 Å². The number of nitrogens with zero attached hydrogens (tertiary/aromatic N) is 3. The van der Waals surface area contributed by atoms with Gasteiger partial charge in [-0.2, -0.15) is 5.10 Å². The predicted octanol–water partition coefficient (Wildman–Crippen LogP) is 2.78.